The van der Waals surface area contributed by atoms with Crippen molar-refractivity contribution in [3.8, 4) is 11.5 Å². The van der Waals surface area contributed by atoms with Crippen LogP contribution in [0, 0.1) is 0 Å². The first-order valence-electron chi connectivity index (χ1n) is 9.23. The van der Waals surface area contributed by atoms with Gasteiger partial charge in [0.15, 0.2) is 6.61 Å². The smallest absolute Gasteiger partial charge is 0.258 e. The molecule has 4 nitrogen and oxygen atoms in total. The monoisotopic (exact) mass is 363 g/mol. The predicted octanol–water partition coefficient (Wildman–Crippen LogP) is 4.54. The molecule has 1 amide bonds. The molecule has 3 aromatic rings. The normalized spacial score (nSPS) is 10.8. The van der Waals surface area contributed by atoms with E-state index in [0.717, 1.165) is 16.5 Å². The molecule has 0 aliphatic heterocycles. The minimum atomic E-state index is -0.163. The summed E-state index contributed by atoms with van der Waals surface area (Å²) < 4.78 is 11.4. The first kappa shape index (κ1) is 18.8. The van der Waals surface area contributed by atoms with E-state index >= 15 is 0 Å². The third kappa shape index (κ3) is 5.23. The molecule has 0 aliphatic carbocycles. The summed E-state index contributed by atoms with van der Waals surface area (Å²) >= 11 is 0. The number of carbonyl (C=O) groups is 1. The standard InChI is InChI=1S/C23H25NO3/c1-17(2)21-9-5-6-10-22(21)26-14-13-24-23(25)16-27-20-12-11-18-7-3-4-8-19(18)15-20/h3-12,15,17H,13-14,16H2,1-2H3,(H,24,25). The van der Waals surface area contributed by atoms with Crippen LogP contribution in [0.5, 0.6) is 11.5 Å². The molecular weight excluding hydrogens is 338 g/mol. The zero-order valence-corrected chi connectivity index (χ0v) is 15.8. The lowest BCUT2D eigenvalue weighted by molar-refractivity contribution is -0.123. The predicted molar refractivity (Wildman–Crippen MR) is 108 cm³/mol. The Hall–Kier alpha value is -3.01. The Morgan fingerprint density at radius 1 is 0.926 bits per heavy atom. The van der Waals surface area contributed by atoms with Gasteiger partial charge in [-0.05, 0) is 40.5 Å². The average molecular weight is 363 g/mol. The van der Waals surface area contributed by atoms with Crippen molar-refractivity contribution in [2.75, 3.05) is 19.8 Å². The fourth-order valence-corrected chi connectivity index (χ4v) is 2.90. The minimum absolute atomic E-state index is 0.0130. The van der Waals surface area contributed by atoms with E-state index in [0.29, 0.717) is 24.8 Å². The molecule has 3 rings (SSSR count). The summed E-state index contributed by atoms with van der Waals surface area (Å²) in [7, 11) is 0. The first-order chi connectivity index (χ1) is 13.1. The van der Waals surface area contributed by atoms with Gasteiger partial charge in [0, 0.05) is 0 Å². The Morgan fingerprint density at radius 2 is 1.67 bits per heavy atom. The number of carbonyl (C=O) groups excluding carboxylic acids is 1. The highest BCUT2D eigenvalue weighted by atomic mass is 16.5. The molecule has 0 aromatic heterocycles. The lowest BCUT2D eigenvalue weighted by Gasteiger charge is -2.14. The minimum Gasteiger partial charge on any atom is -0.491 e. The number of para-hydroxylation sites is 1. The topological polar surface area (TPSA) is 47.6 Å². The third-order valence-corrected chi connectivity index (χ3v) is 4.31. The van der Waals surface area contributed by atoms with E-state index in [1.807, 2.05) is 60.7 Å². The summed E-state index contributed by atoms with van der Waals surface area (Å²) in [6, 6.07) is 21.8. The summed E-state index contributed by atoms with van der Waals surface area (Å²) in [4.78, 5) is 12.0. The number of rotatable bonds is 8. The number of hydrogen-bond donors (Lipinski definition) is 1. The summed E-state index contributed by atoms with van der Waals surface area (Å²) in [6.45, 7) is 5.11. The van der Waals surface area contributed by atoms with Gasteiger partial charge in [0.1, 0.15) is 18.1 Å². The van der Waals surface area contributed by atoms with Gasteiger partial charge in [-0.2, -0.15) is 0 Å². The Morgan fingerprint density at radius 3 is 2.48 bits per heavy atom. The van der Waals surface area contributed by atoms with Crippen molar-refractivity contribution in [3.05, 3.63) is 72.3 Å². The highest BCUT2D eigenvalue weighted by molar-refractivity contribution is 5.84. The summed E-state index contributed by atoms with van der Waals surface area (Å²) in [5, 5.41) is 5.06. The molecule has 0 bridgehead atoms. The Kier molecular flexibility index (Phi) is 6.31. The lowest BCUT2D eigenvalue weighted by Crippen LogP contribution is -2.32. The molecule has 4 heteroatoms. The first-order valence-corrected chi connectivity index (χ1v) is 9.23. The van der Waals surface area contributed by atoms with Crippen LogP contribution in [0.4, 0.5) is 0 Å². The summed E-state index contributed by atoms with van der Waals surface area (Å²) in [5.74, 6) is 1.79. The van der Waals surface area contributed by atoms with Crippen LogP contribution in [0.3, 0.4) is 0 Å². The molecule has 0 saturated heterocycles. The number of benzene rings is 3. The maximum Gasteiger partial charge on any atom is 0.258 e. The van der Waals surface area contributed by atoms with E-state index in [1.54, 1.807) is 0 Å². The second kappa shape index (κ2) is 9.08. The molecule has 0 fully saturated rings. The molecule has 0 unspecified atom stereocenters. The number of amides is 1. The van der Waals surface area contributed by atoms with Gasteiger partial charge in [-0.1, -0.05) is 62.4 Å². The number of hydrogen-bond acceptors (Lipinski definition) is 3. The maximum atomic E-state index is 12.0. The molecule has 0 radical (unpaired) electrons. The molecule has 0 spiro atoms. The molecule has 3 aromatic carbocycles. The highest BCUT2D eigenvalue weighted by Crippen LogP contribution is 2.25. The zero-order valence-electron chi connectivity index (χ0n) is 15.8. The van der Waals surface area contributed by atoms with Crippen LogP contribution in [-0.4, -0.2) is 25.7 Å². The lowest BCUT2D eigenvalue weighted by atomic mass is 10.0. The number of ether oxygens (including phenoxy) is 2. The van der Waals surface area contributed by atoms with Crippen LogP contribution in [0.15, 0.2) is 66.7 Å². The van der Waals surface area contributed by atoms with Crippen LogP contribution in [0.25, 0.3) is 10.8 Å². The van der Waals surface area contributed by atoms with Gasteiger partial charge in [-0.15, -0.1) is 0 Å². The van der Waals surface area contributed by atoms with E-state index < -0.39 is 0 Å². The zero-order chi connectivity index (χ0) is 19.1. The van der Waals surface area contributed by atoms with Crippen molar-refractivity contribution >= 4 is 16.7 Å². The Bertz CT molecular complexity index is 905. The van der Waals surface area contributed by atoms with Gasteiger partial charge >= 0.3 is 0 Å². The van der Waals surface area contributed by atoms with Crippen molar-refractivity contribution in [1.82, 2.24) is 5.32 Å². The molecule has 0 aliphatic rings. The van der Waals surface area contributed by atoms with E-state index in [9.17, 15) is 4.79 Å². The van der Waals surface area contributed by atoms with Crippen molar-refractivity contribution < 1.29 is 14.3 Å². The summed E-state index contributed by atoms with van der Waals surface area (Å²) in [5.41, 5.74) is 1.17. The van der Waals surface area contributed by atoms with Crippen LogP contribution in [-0.2, 0) is 4.79 Å². The van der Waals surface area contributed by atoms with Crippen LogP contribution < -0.4 is 14.8 Å². The second-order valence-corrected chi connectivity index (χ2v) is 6.69. The molecule has 0 saturated carbocycles. The second-order valence-electron chi connectivity index (χ2n) is 6.69. The van der Waals surface area contributed by atoms with Crippen LogP contribution >= 0.6 is 0 Å². The van der Waals surface area contributed by atoms with Crippen LogP contribution in [0.2, 0.25) is 0 Å². The van der Waals surface area contributed by atoms with Gasteiger partial charge in [0.05, 0.1) is 6.54 Å². The van der Waals surface area contributed by atoms with Gasteiger partial charge < -0.3 is 14.8 Å². The van der Waals surface area contributed by atoms with E-state index in [2.05, 4.69) is 25.2 Å². The van der Waals surface area contributed by atoms with Crippen molar-refractivity contribution in [2.24, 2.45) is 0 Å². The molecule has 0 heterocycles. The van der Waals surface area contributed by atoms with Crippen molar-refractivity contribution in [3.63, 3.8) is 0 Å². The molecule has 1 N–H and O–H groups in total. The molecule has 27 heavy (non-hydrogen) atoms. The Labute approximate surface area is 160 Å². The van der Waals surface area contributed by atoms with Crippen molar-refractivity contribution in [1.29, 1.82) is 0 Å². The molecule has 0 atom stereocenters. The van der Waals surface area contributed by atoms with Crippen molar-refractivity contribution in [2.45, 2.75) is 19.8 Å². The maximum absolute atomic E-state index is 12.0. The molecule has 140 valence electrons. The van der Waals surface area contributed by atoms with E-state index in [4.69, 9.17) is 9.47 Å². The SMILES string of the molecule is CC(C)c1ccccc1OCCNC(=O)COc1ccc2ccccc2c1. The largest absolute Gasteiger partial charge is 0.491 e. The van der Waals surface area contributed by atoms with E-state index in [-0.39, 0.29) is 12.5 Å². The third-order valence-electron chi connectivity index (χ3n) is 4.31. The van der Waals surface area contributed by atoms with Gasteiger partial charge in [0.25, 0.3) is 5.91 Å². The average Bonchev–Trinajstić information content (AvgIpc) is 2.69. The highest BCUT2D eigenvalue weighted by Gasteiger charge is 2.07. The van der Waals surface area contributed by atoms with Crippen LogP contribution in [0.1, 0.15) is 25.3 Å². The fraction of sp³-hybridized carbons (Fsp3) is 0.261. The van der Waals surface area contributed by atoms with Gasteiger partial charge in [-0.3, -0.25) is 4.79 Å². The molecular formula is C23H25NO3. The quantitative estimate of drug-likeness (QED) is 0.598. The van der Waals surface area contributed by atoms with Gasteiger partial charge in [0.2, 0.25) is 0 Å². The number of fused-ring (bicyclic) bond motifs is 1. The number of nitrogens with one attached hydrogen (secondary N) is 1. The Balaban J connectivity index is 1.42. The van der Waals surface area contributed by atoms with Gasteiger partial charge in [-0.25, -0.2) is 0 Å². The summed E-state index contributed by atoms with van der Waals surface area (Å²) in [6.07, 6.45) is 0. The van der Waals surface area contributed by atoms with E-state index in [1.165, 1.54) is 5.56 Å². The fourth-order valence-electron chi connectivity index (χ4n) is 2.90.